The zero-order valence-corrected chi connectivity index (χ0v) is 12.7. The molecule has 0 saturated carbocycles. The SMILES string of the molecule is O.O.O.O.O=C(O)c1ccc(C(=O)O)c2c(C(=O)O)ccc(C(=O)O)c12. The topological polar surface area (TPSA) is 275 Å². The Balaban J connectivity index is -0.00000132. The molecule has 0 aliphatic rings. The van der Waals surface area contributed by atoms with Crippen molar-refractivity contribution < 1.29 is 61.5 Å². The third-order valence-electron chi connectivity index (χ3n) is 3.08. The lowest BCUT2D eigenvalue weighted by atomic mass is 9.91. The second kappa shape index (κ2) is 9.65. The van der Waals surface area contributed by atoms with Gasteiger partial charge in [-0.1, -0.05) is 0 Å². The number of aromatic carboxylic acids is 4. The van der Waals surface area contributed by atoms with E-state index in [1.165, 1.54) is 0 Å². The fourth-order valence-corrected chi connectivity index (χ4v) is 2.21. The highest BCUT2D eigenvalue weighted by Crippen LogP contribution is 2.30. The number of carboxylic acids is 4. The molecule has 0 spiro atoms. The summed E-state index contributed by atoms with van der Waals surface area (Å²) in [6.07, 6.45) is 0. The largest absolute Gasteiger partial charge is 0.478 e. The van der Waals surface area contributed by atoms with Gasteiger partial charge in [0.1, 0.15) is 0 Å². The molecular weight excluding hydrogens is 360 g/mol. The summed E-state index contributed by atoms with van der Waals surface area (Å²) in [5.74, 6) is -5.97. The van der Waals surface area contributed by atoms with Crippen LogP contribution < -0.4 is 0 Å². The van der Waals surface area contributed by atoms with Crippen LogP contribution in [0.5, 0.6) is 0 Å². The number of carbonyl (C=O) groups is 4. The van der Waals surface area contributed by atoms with Gasteiger partial charge in [0.2, 0.25) is 0 Å². The summed E-state index contributed by atoms with van der Waals surface area (Å²) < 4.78 is 0. The van der Waals surface area contributed by atoms with Crippen molar-refractivity contribution in [3.05, 3.63) is 46.5 Å². The van der Waals surface area contributed by atoms with E-state index in [2.05, 4.69) is 0 Å². The van der Waals surface area contributed by atoms with Crippen LogP contribution in [0.2, 0.25) is 0 Å². The Kier molecular flexibility index (Phi) is 10.1. The molecule has 0 atom stereocenters. The summed E-state index contributed by atoms with van der Waals surface area (Å²) in [6.45, 7) is 0. The monoisotopic (exact) mass is 376 g/mol. The van der Waals surface area contributed by atoms with Crippen molar-refractivity contribution in [1.82, 2.24) is 0 Å². The molecule has 0 aliphatic heterocycles. The lowest BCUT2D eigenvalue weighted by Gasteiger charge is -2.11. The maximum atomic E-state index is 11.3. The van der Waals surface area contributed by atoms with Gasteiger partial charge in [-0.25, -0.2) is 19.2 Å². The van der Waals surface area contributed by atoms with Gasteiger partial charge in [0, 0.05) is 10.8 Å². The minimum Gasteiger partial charge on any atom is -0.478 e. The number of fused-ring (bicyclic) bond motifs is 1. The molecule has 0 aromatic heterocycles. The van der Waals surface area contributed by atoms with Crippen LogP contribution >= 0.6 is 0 Å². The Morgan fingerprint density at radius 3 is 0.731 bits per heavy atom. The van der Waals surface area contributed by atoms with Crippen LogP contribution in [0.4, 0.5) is 0 Å². The fraction of sp³-hybridized carbons (Fsp3) is 0. The molecule has 12 heteroatoms. The molecule has 2 aromatic carbocycles. The number of rotatable bonds is 4. The van der Waals surface area contributed by atoms with Gasteiger partial charge in [-0.05, 0) is 24.3 Å². The van der Waals surface area contributed by atoms with Crippen molar-refractivity contribution in [3.8, 4) is 0 Å². The highest BCUT2D eigenvalue weighted by atomic mass is 16.4. The van der Waals surface area contributed by atoms with E-state index in [0.29, 0.717) is 0 Å². The van der Waals surface area contributed by atoms with E-state index in [0.717, 1.165) is 24.3 Å². The van der Waals surface area contributed by atoms with Gasteiger partial charge < -0.3 is 42.3 Å². The van der Waals surface area contributed by atoms with E-state index >= 15 is 0 Å². The molecular formula is C14H16O12. The Bertz CT molecular complexity index is 717. The van der Waals surface area contributed by atoms with E-state index < -0.39 is 56.9 Å². The van der Waals surface area contributed by atoms with Crippen LogP contribution in [0, 0.1) is 0 Å². The summed E-state index contributed by atoms with van der Waals surface area (Å²) in [5, 5.41) is 35.8. The molecule has 0 unspecified atom stereocenters. The first-order chi connectivity index (χ1) is 10.3. The first-order valence-corrected chi connectivity index (χ1v) is 5.78. The lowest BCUT2D eigenvalue weighted by Crippen LogP contribution is -2.11. The molecule has 0 bridgehead atoms. The number of hydrogen-bond acceptors (Lipinski definition) is 4. The van der Waals surface area contributed by atoms with Crippen LogP contribution in [0.3, 0.4) is 0 Å². The van der Waals surface area contributed by atoms with Gasteiger partial charge in [-0.3, -0.25) is 0 Å². The maximum Gasteiger partial charge on any atom is 0.336 e. The highest BCUT2D eigenvalue weighted by Gasteiger charge is 2.24. The van der Waals surface area contributed by atoms with E-state index in [1.54, 1.807) is 0 Å². The lowest BCUT2D eigenvalue weighted by molar-refractivity contribution is 0.0675. The van der Waals surface area contributed by atoms with E-state index in [1.807, 2.05) is 0 Å². The van der Waals surface area contributed by atoms with Crippen molar-refractivity contribution in [2.24, 2.45) is 0 Å². The second-order valence-electron chi connectivity index (χ2n) is 4.29. The van der Waals surface area contributed by atoms with Crippen LogP contribution in [0.1, 0.15) is 41.4 Å². The van der Waals surface area contributed by atoms with Gasteiger partial charge in [0.05, 0.1) is 22.3 Å². The molecule has 12 N–H and O–H groups in total. The van der Waals surface area contributed by atoms with Crippen molar-refractivity contribution in [1.29, 1.82) is 0 Å². The first-order valence-electron chi connectivity index (χ1n) is 5.78. The van der Waals surface area contributed by atoms with Crippen molar-refractivity contribution in [3.63, 3.8) is 0 Å². The zero-order chi connectivity index (χ0) is 16.6. The van der Waals surface area contributed by atoms with Crippen LogP contribution in [0.15, 0.2) is 24.3 Å². The third kappa shape index (κ3) is 4.28. The molecule has 0 amide bonds. The minimum absolute atomic E-state index is 0. The van der Waals surface area contributed by atoms with Gasteiger partial charge in [-0.15, -0.1) is 0 Å². The third-order valence-corrected chi connectivity index (χ3v) is 3.08. The van der Waals surface area contributed by atoms with E-state index in [9.17, 15) is 19.2 Å². The summed E-state index contributed by atoms with van der Waals surface area (Å²) in [7, 11) is 0. The molecule has 0 radical (unpaired) electrons. The Morgan fingerprint density at radius 2 is 0.615 bits per heavy atom. The number of carboxylic acid groups (broad SMARTS) is 4. The molecule has 144 valence electrons. The predicted octanol–water partition coefficient (Wildman–Crippen LogP) is -1.67. The summed E-state index contributed by atoms with van der Waals surface area (Å²) >= 11 is 0. The van der Waals surface area contributed by atoms with Crippen LogP contribution in [-0.4, -0.2) is 66.2 Å². The molecule has 0 fully saturated rings. The standard InChI is InChI=1S/C14H8O8.4H2O/c15-11(16)5-1-2-6(12(17)18)10-8(14(21)22)4-3-7(9(5)10)13(19)20;;;;/h1-4H,(H,15,16)(H,17,18)(H,19,20)(H,21,22);4*1H2. The van der Waals surface area contributed by atoms with Gasteiger partial charge in [-0.2, -0.15) is 0 Å². The van der Waals surface area contributed by atoms with E-state index in [4.69, 9.17) is 20.4 Å². The molecule has 0 saturated heterocycles. The smallest absolute Gasteiger partial charge is 0.336 e. The van der Waals surface area contributed by atoms with Crippen molar-refractivity contribution in [2.45, 2.75) is 0 Å². The summed E-state index contributed by atoms with van der Waals surface area (Å²) in [5.41, 5.74) is -1.94. The molecule has 2 aromatic rings. The highest BCUT2D eigenvalue weighted by molar-refractivity contribution is 6.21. The molecule has 26 heavy (non-hydrogen) atoms. The van der Waals surface area contributed by atoms with Crippen molar-refractivity contribution in [2.75, 3.05) is 0 Å². The molecule has 0 aliphatic carbocycles. The Hall–Kier alpha value is -3.58. The Morgan fingerprint density at radius 1 is 0.462 bits per heavy atom. The fourth-order valence-electron chi connectivity index (χ4n) is 2.21. The first kappa shape index (κ1) is 27.3. The van der Waals surface area contributed by atoms with Crippen molar-refractivity contribution >= 4 is 34.6 Å². The van der Waals surface area contributed by atoms with Gasteiger partial charge in [0.15, 0.2) is 0 Å². The average Bonchev–Trinajstić information content (AvgIpc) is 2.43. The Labute approximate surface area is 143 Å². The molecule has 12 nitrogen and oxygen atoms in total. The van der Waals surface area contributed by atoms with Gasteiger partial charge >= 0.3 is 23.9 Å². The summed E-state index contributed by atoms with van der Waals surface area (Å²) in [4.78, 5) is 45.1. The quantitative estimate of drug-likeness (QED) is 0.477. The predicted molar refractivity (Wildman–Crippen MR) is 86.2 cm³/mol. The van der Waals surface area contributed by atoms with Crippen LogP contribution in [-0.2, 0) is 0 Å². The average molecular weight is 376 g/mol. The summed E-state index contributed by atoms with van der Waals surface area (Å²) in [6, 6.07) is 3.75. The van der Waals surface area contributed by atoms with Crippen LogP contribution in [0.25, 0.3) is 10.8 Å². The van der Waals surface area contributed by atoms with Gasteiger partial charge in [0.25, 0.3) is 0 Å². The van der Waals surface area contributed by atoms with E-state index in [-0.39, 0.29) is 21.9 Å². The maximum absolute atomic E-state index is 11.3. The number of benzene rings is 2. The minimum atomic E-state index is -1.49. The second-order valence-corrected chi connectivity index (χ2v) is 4.29. The molecule has 0 heterocycles. The number of hydrogen-bond donors (Lipinski definition) is 4. The normalized spacial score (nSPS) is 8.77. The molecule has 2 rings (SSSR count). The zero-order valence-electron chi connectivity index (χ0n) is 12.7.